The molecule has 1 aliphatic rings. The molecule has 0 aliphatic carbocycles. The van der Waals surface area contributed by atoms with Crippen LogP contribution in [0.25, 0.3) is 0 Å². The van der Waals surface area contributed by atoms with E-state index in [1.807, 2.05) is 18.3 Å². The molecule has 1 aromatic carbocycles. The molecule has 4 heteroatoms. The first-order chi connectivity index (χ1) is 9.78. The summed E-state index contributed by atoms with van der Waals surface area (Å²) in [5.74, 6) is 0.943. The molecule has 20 heavy (non-hydrogen) atoms. The van der Waals surface area contributed by atoms with Crippen molar-refractivity contribution in [3.05, 3.63) is 29.8 Å². The second-order valence-corrected chi connectivity index (χ2v) is 5.43. The molecule has 2 rings (SSSR count). The molecule has 0 bridgehead atoms. The van der Waals surface area contributed by atoms with Crippen molar-refractivity contribution in [1.29, 1.82) is 0 Å². The minimum Gasteiger partial charge on any atom is -0.494 e. The summed E-state index contributed by atoms with van der Waals surface area (Å²) in [6.45, 7) is 7.39. The minimum atomic E-state index is 0.799. The van der Waals surface area contributed by atoms with E-state index in [0.717, 1.165) is 43.9 Å². The van der Waals surface area contributed by atoms with Crippen LogP contribution in [0.3, 0.4) is 0 Å². The standard InChI is InChI=1S/C16H25N3O/c1-3-4-13-20-16-7-5-15(6-8-16)14-17-19-11-9-18(2)10-12-19/h5-8,14H,3-4,9-13H2,1-2H3/p+1/b17-14-. The van der Waals surface area contributed by atoms with Crippen molar-refractivity contribution in [2.45, 2.75) is 19.8 Å². The lowest BCUT2D eigenvalue weighted by Crippen LogP contribution is -3.11. The van der Waals surface area contributed by atoms with E-state index >= 15 is 0 Å². The number of hydrazone groups is 1. The van der Waals surface area contributed by atoms with Gasteiger partial charge in [-0.2, -0.15) is 5.10 Å². The third kappa shape index (κ3) is 4.85. The van der Waals surface area contributed by atoms with Crippen LogP contribution < -0.4 is 9.64 Å². The SMILES string of the molecule is CCCCOc1ccc(/C=N\N2CC[NH+](C)CC2)cc1. The smallest absolute Gasteiger partial charge is 0.119 e. The number of piperazine rings is 1. The van der Waals surface area contributed by atoms with Crippen molar-refractivity contribution in [3.8, 4) is 5.75 Å². The number of unbranched alkanes of at least 4 members (excludes halogenated alkanes) is 1. The highest BCUT2D eigenvalue weighted by Gasteiger charge is 2.13. The number of rotatable bonds is 6. The van der Waals surface area contributed by atoms with Crippen LogP contribution in [0.1, 0.15) is 25.3 Å². The number of quaternary nitrogens is 1. The zero-order valence-corrected chi connectivity index (χ0v) is 12.6. The predicted molar refractivity (Wildman–Crippen MR) is 82.6 cm³/mol. The van der Waals surface area contributed by atoms with Gasteiger partial charge in [0.15, 0.2) is 0 Å². The van der Waals surface area contributed by atoms with Gasteiger partial charge in [0.1, 0.15) is 5.75 Å². The summed E-state index contributed by atoms with van der Waals surface area (Å²) in [4.78, 5) is 1.59. The predicted octanol–water partition coefficient (Wildman–Crippen LogP) is 1.03. The second-order valence-electron chi connectivity index (χ2n) is 5.43. The maximum atomic E-state index is 5.65. The summed E-state index contributed by atoms with van der Waals surface area (Å²) in [5.41, 5.74) is 1.12. The number of nitrogens with one attached hydrogen (secondary N) is 1. The maximum Gasteiger partial charge on any atom is 0.119 e. The van der Waals surface area contributed by atoms with Gasteiger partial charge in [-0.1, -0.05) is 13.3 Å². The molecule has 1 saturated heterocycles. The maximum absolute atomic E-state index is 5.65. The molecule has 1 aliphatic heterocycles. The quantitative estimate of drug-likeness (QED) is 0.621. The molecule has 0 saturated carbocycles. The van der Waals surface area contributed by atoms with Gasteiger partial charge in [-0.3, -0.25) is 5.01 Å². The molecule has 1 heterocycles. The number of hydrogen-bond acceptors (Lipinski definition) is 3. The lowest BCUT2D eigenvalue weighted by Gasteiger charge is -2.27. The van der Waals surface area contributed by atoms with E-state index < -0.39 is 0 Å². The highest BCUT2D eigenvalue weighted by atomic mass is 16.5. The van der Waals surface area contributed by atoms with Crippen molar-refractivity contribution < 1.29 is 9.64 Å². The number of benzene rings is 1. The molecule has 0 atom stereocenters. The van der Waals surface area contributed by atoms with Crippen LogP contribution >= 0.6 is 0 Å². The first-order valence-electron chi connectivity index (χ1n) is 7.61. The normalized spacial score (nSPS) is 16.8. The van der Waals surface area contributed by atoms with Gasteiger partial charge in [-0.15, -0.1) is 0 Å². The summed E-state index contributed by atoms with van der Waals surface area (Å²) in [5, 5.41) is 6.70. The fraction of sp³-hybridized carbons (Fsp3) is 0.562. The number of likely N-dealkylation sites (N-methyl/N-ethyl adjacent to an activating group) is 1. The van der Waals surface area contributed by atoms with Gasteiger partial charge in [0.2, 0.25) is 0 Å². The Morgan fingerprint density at radius 2 is 1.95 bits per heavy atom. The first-order valence-corrected chi connectivity index (χ1v) is 7.61. The molecule has 0 aromatic heterocycles. The summed E-state index contributed by atoms with van der Waals surface area (Å²) in [7, 11) is 2.23. The third-order valence-corrected chi connectivity index (χ3v) is 3.61. The Kier molecular flexibility index (Phi) is 5.87. The van der Waals surface area contributed by atoms with Gasteiger partial charge < -0.3 is 9.64 Å². The summed E-state index contributed by atoms with van der Waals surface area (Å²) in [6.07, 6.45) is 4.21. The van der Waals surface area contributed by atoms with Crippen LogP contribution in [0.15, 0.2) is 29.4 Å². The molecule has 1 fully saturated rings. The van der Waals surface area contributed by atoms with E-state index in [1.165, 1.54) is 13.1 Å². The summed E-state index contributed by atoms with van der Waals surface area (Å²) >= 11 is 0. The molecule has 0 unspecified atom stereocenters. The van der Waals surface area contributed by atoms with Gasteiger partial charge in [-0.25, -0.2) is 0 Å². The van der Waals surface area contributed by atoms with Gasteiger partial charge >= 0.3 is 0 Å². The highest BCUT2D eigenvalue weighted by Crippen LogP contribution is 2.11. The average molecular weight is 276 g/mol. The van der Waals surface area contributed by atoms with Crippen molar-refractivity contribution in [3.63, 3.8) is 0 Å². The van der Waals surface area contributed by atoms with Gasteiger partial charge in [0.05, 0.1) is 46.0 Å². The lowest BCUT2D eigenvalue weighted by molar-refractivity contribution is -0.884. The molecular weight excluding hydrogens is 250 g/mol. The molecule has 0 radical (unpaired) electrons. The lowest BCUT2D eigenvalue weighted by atomic mass is 10.2. The van der Waals surface area contributed by atoms with E-state index in [4.69, 9.17) is 4.74 Å². The number of nitrogens with zero attached hydrogens (tertiary/aromatic N) is 2. The Balaban J connectivity index is 1.80. The van der Waals surface area contributed by atoms with E-state index in [0.29, 0.717) is 0 Å². The van der Waals surface area contributed by atoms with Crippen LogP contribution in [-0.4, -0.2) is 51.1 Å². The van der Waals surface area contributed by atoms with Crippen LogP contribution in [-0.2, 0) is 0 Å². The Hall–Kier alpha value is -1.55. The van der Waals surface area contributed by atoms with Gasteiger partial charge in [-0.05, 0) is 36.2 Å². The second kappa shape index (κ2) is 7.90. The largest absolute Gasteiger partial charge is 0.494 e. The molecule has 4 nitrogen and oxygen atoms in total. The zero-order chi connectivity index (χ0) is 14.2. The Bertz CT molecular complexity index is 408. The third-order valence-electron chi connectivity index (χ3n) is 3.61. The molecule has 0 spiro atoms. The van der Waals surface area contributed by atoms with Crippen molar-refractivity contribution >= 4 is 6.21 Å². The molecular formula is C16H26N3O+. The van der Waals surface area contributed by atoms with Crippen LogP contribution in [0.5, 0.6) is 5.75 Å². The molecule has 0 amide bonds. The molecule has 1 aromatic rings. The number of hydrogen-bond donors (Lipinski definition) is 1. The van der Waals surface area contributed by atoms with Crippen molar-refractivity contribution in [2.24, 2.45) is 5.10 Å². The topological polar surface area (TPSA) is 29.3 Å². The van der Waals surface area contributed by atoms with Crippen molar-refractivity contribution in [1.82, 2.24) is 5.01 Å². The average Bonchev–Trinajstić information content (AvgIpc) is 2.48. The van der Waals surface area contributed by atoms with Gasteiger partial charge in [0.25, 0.3) is 0 Å². The molecule has 1 N–H and O–H groups in total. The zero-order valence-electron chi connectivity index (χ0n) is 12.6. The monoisotopic (exact) mass is 276 g/mol. The Labute approximate surface area is 122 Å². The fourth-order valence-electron chi connectivity index (χ4n) is 2.12. The van der Waals surface area contributed by atoms with Crippen molar-refractivity contribution in [2.75, 3.05) is 39.8 Å². The van der Waals surface area contributed by atoms with E-state index in [9.17, 15) is 0 Å². The Morgan fingerprint density at radius 3 is 2.60 bits per heavy atom. The Morgan fingerprint density at radius 1 is 1.25 bits per heavy atom. The fourth-order valence-corrected chi connectivity index (χ4v) is 2.12. The van der Waals surface area contributed by atoms with E-state index in [2.05, 4.69) is 36.2 Å². The van der Waals surface area contributed by atoms with Crippen LogP contribution in [0.4, 0.5) is 0 Å². The molecule has 110 valence electrons. The van der Waals surface area contributed by atoms with Crippen LogP contribution in [0, 0.1) is 0 Å². The summed E-state index contributed by atoms with van der Waals surface area (Å²) < 4.78 is 5.65. The number of ether oxygens (including phenoxy) is 1. The highest BCUT2D eigenvalue weighted by molar-refractivity contribution is 5.79. The summed E-state index contributed by atoms with van der Waals surface area (Å²) in [6, 6.07) is 8.16. The first kappa shape index (κ1) is 14.9. The van der Waals surface area contributed by atoms with Crippen LogP contribution in [0.2, 0.25) is 0 Å². The minimum absolute atomic E-state index is 0.799. The van der Waals surface area contributed by atoms with E-state index in [1.54, 1.807) is 4.90 Å². The van der Waals surface area contributed by atoms with E-state index in [-0.39, 0.29) is 0 Å². The van der Waals surface area contributed by atoms with Gasteiger partial charge in [0, 0.05) is 0 Å².